The molecule has 3 aromatic rings. The highest BCUT2D eigenvalue weighted by molar-refractivity contribution is 8.26. The molecule has 1 saturated heterocycles. The molecular formula is C24H21N3O4S2. The molecule has 1 fully saturated rings. The molecule has 1 amide bonds. The van der Waals surface area contributed by atoms with Gasteiger partial charge in [-0.3, -0.25) is 14.5 Å². The number of nitrogens with zero attached hydrogens (tertiary/aromatic N) is 3. The lowest BCUT2D eigenvalue weighted by Crippen LogP contribution is -2.29. The molecular weight excluding hydrogens is 458 g/mol. The molecule has 0 bridgehead atoms. The fourth-order valence-corrected chi connectivity index (χ4v) is 4.72. The maximum atomic E-state index is 12.8. The lowest BCUT2D eigenvalue weighted by Gasteiger charge is -2.13. The summed E-state index contributed by atoms with van der Waals surface area (Å²) in [4.78, 5) is 33.6. The number of carboxylic acid groups (broad SMARTS) is 1. The summed E-state index contributed by atoms with van der Waals surface area (Å²) in [6, 6.07) is 11.6. The first-order valence-corrected chi connectivity index (χ1v) is 11.7. The largest absolute Gasteiger partial charge is 0.481 e. The summed E-state index contributed by atoms with van der Waals surface area (Å²) >= 11 is 6.62. The number of carboxylic acids is 1. The van der Waals surface area contributed by atoms with Crippen molar-refractivity contribution in [3.8, 4) is 22.5 Å². The van der Waals surface area contributed by atoms with Crippen molar-refractivity contribution in [3.05, 3.63) is 65.8 Å². The molecule has 168 valence electrons. The summed E-state index contributed by atoms with van der Waals surface area (Å²) in [6.07, 6.45) is 8.89. The van der Waals surface area contributed by atoms with Crippen LogP contribution in [0.15, 0.2) is 64.4 Å². The van der Waals surface area contributed by atoms with Crippen molar-refractivity contribution in [3.63, 3.8) is 0 Å². The second kappa shape index (κ2) is 10.5. The lowest BCUT2D eigenvalue weighted by atomic mass is 10.0. The highest BCUT2D eigenvalue weighted by Gasteiger charge is 2.31. The number of hydrogen-bond donors (Lipinski definition) is 1. The van der Waals surface area contributed by atoms with Gasteiger partial charge < -0.3 is 9.52 Å². The molecule has 0 atom stereocenters. The Morgan fingerprint density at radius 1 is 1.09 bits per heavy atom. The molecule has 0 unspecified atom stereocenters. The van der Waals surface area contributed by atoms with Gasteiger partial charge in [0, 0.05) is 42.6 Å². The van der Waals surface area contributed by atoms with Gasteiger partial charge in [-0.15, -0.1) is 0 Å². The summed E-state index contributed by atoms with van der Waals surface area (Å²) in [5, 5.41) is 8.71. The SMILES string of the molecule is O=C(O)CCCCCN1C(=O)/C(=C\c2ccc(-c3cccc(-c4cncnc4)c3)o2)SC1=S. The minimum Gasteiger partial charge on any atom is -0.481 e. The molecule has 4 rings (SSSR count). The van der Waals surface area contributed by atoms with Crippen molar-refractivity contribution in [1.29, 1.82) is 0 Å². The molecule has 1 aliphatic heterocycles. The number of aliphatic carboxylic acids is 1. The Kier molecular flexibility index (Phi) is 7.31. The van der Waals surface area contributed by atoms with E-state index in [2.05, 4.69) is 9.97 Å². The maximum Gasteiger partial charge on any atom is 0.303 e. The van der Waals surface area contributed by atoms with Crippen molar-refractivity contribution in [2.24, 2.45) is 0 Å². The molecule has 0 spiro atoms. The van der Waals surface area contributed by atoms with Crippen LogP contribution in [0.3, 0.4) is 0 Å². The van der Waals surface area contributed by atoms with E-state index in [-0.39, 0.29) is 12.3 Å². The van der Waals surface area contributed by atoms with E-state index in [0.29, 0.717) is 40.1 Å². The summed E-state index contributed by atoms with van der Waals surface area (Å²) < 4.78 is 6.49. The van der Waals surface area contributed by atoms with E-state index >= 15 is 0 Å². The first-order chi connectivity index (χ1) is 16.0. The number of carbonyl (C=O) groups excluding carboxylic acids is 1. The molecule has 3 heterocycles. The van der Waals surface area contributed by atoms with Gasteiger partial charge >= 0.3 is 5.97 Å². The fraction of sp³-hybridized carbons (Fsp3) is 0.208. The number of aromatic nitrogens is 2. The zero-order valence-corrected chi connectivity index (χ0v) is 19.3. The monoisotopic (exact) mass is 479 g/mol. The maximum absolute atomic E-state index is 12.8. The number of thioether (sulfide) groups is 1. The zero-order chi connectivity index (χ0) is 23.2. The molecule has 7 nitrogen and oxygen atoms in total. The van der Waals surface area contributed by atoms with Crippen LogP contribution in [0, 0.1) is 0 Å². The predicted octanol–water partition coefficient (Wildman–Crippen LogP) is 5.25. The Hall–Kier alpha value is -3.30. The van der Waals surface area contributed by atoms with E-state index < -0.39 is 5.97 Å². The van der Waals surface area contributed by atoms with Crippen molar-refractivity contribution in [2.75, 3.05) is 6.54 Å². The number of thiocarbonyl (C=S) groups is 1. The van der Waals surface area contributed by atoms with Crippen LogP contribution in [0.4, 0.5) is 0 Å². The topological polar surface area (TPSA) is 96.5 Å². The normalized spacial score (nSPS) is 14.9. The summed E-state index contributed by atoms with van der Waals surface area (Å²) in [5.41, 5.74) is 2.80. The van der Waals surface area contributed by atoms with Gasteiger partial charge in [-0.2, -0.15) is 0 Å². The zero-order valence-electron chi connectivity index (χ0n) is 17.6. The Balaban J connectivity index is 1.43. The first-order valence-electron chi connectivity index (χ1n) is 10.4. The van der Waals surface area contributed by atoms with Gasteiger partial charge in [0.15, 0.2) is 0 Å². The van der Waals surface area contributed by atoms with Crippen LogP contribution in [-0.4, -0.2) is 42.7 Å². The van der Waals surface area contributed by atoms with Crippen molar-refractivity contribution in [2.45, 2.75) is 25.7 Å². The minimum absolute atomic E-state index is 0.140. The van der Waals surface area contributed by atoms with Gasteiger partial charge in [0.05, 0.1) is 4.91 Å². The first kappa shape index (κ1) is 22.9. The van der Waals surface area contributed by atoms with Gasteiger partial charge in [-0.25, -0.2) is 9.97 Å². The summed E-state index contributed by atoms with van der Waals surface area (Å²) in [7, 11) is 0. The quantitative estimate of drug-likeness (QED) is 0.253. The molecule has 0 aliphatic carbocycles. The molecule has 33 heavy (non-hydrogen) atoms. The van der Waals surface area contributed by atoms with E-state index in [1.54, 1.807) is 23.4 Å². The van der Waals surface area contributed by atoms with Crippen LogP contribution in [0.5, 0.6) is 0 Å². The minimum atomic E-state index is -0.804. The molecule has 2 aromatic heterocycles. The highest BCUT2D eigenvalue weighted by atomic mass is 32.2. The number of hydrogen-bond acceptors (Lipinski definition) is 7. The van der Waals surface area contributed by atoms with Gasteiger partial charge in [-0.05, 0) is 36.6 Å². The van der Waals surface area contributed by atoms with Gasteiger partial charge in [0.2, 0.25) is 0 Å². The average Bonchev–Trinajstić information content (AvgIpc) is 3.39. The molecule has 0 radical (unpaired) electrons. The second-order valence-electron chi connectivity index (χ2n) is 7.45. The molecule has 0 saturated carbocycles. The number of carbonyl (C=O) groups is 2. The van der Waals surface area contributed by atoms with Crippen LogP contribution in [0.2, 0.25) is 0 Å². The fourth-order valence-electron chi connectivity index (χ4n) is 3.43. The Labute approximate surface area is 200 Å². The van der Waals surface area contributed by atoms with Crippen LogP contribution < -0.4 is 0 Å². The third kappa shape index (κ3) is 5.74. The van der Waals surface area contributed by atoms with E-state index in [1.165, 1.54) is 18.1 Å². The standard InChI is InChI=1S/C24H21N3O4S2/c28-22(29)7-2-1-3-10-27-23(30)21(33-24(27)32)12-19-8-9-20(31-19)17-6-4-5-16(11-17)18-13-25-15-26-14-18/h4-6,8-9,11-15H,1-3,7,10H2,(H,28,29)/b21-12+. The Morgan fingerprint density at radius 3 is 2.67 bits per heavy atom. The van der Waals surface area contributed by atoms with E-state index in [0.717, 1.165) is 23.1 Å². The number of unbranched alkanes of at least 4 members (excludes halogenated alkanes) is 2. The smallest absolute Gasteiger partial charge is 0.303 e. The molecule has 1 N–H and O–H groups in total. The molecule has 9 heteroatoms. The van der Waals surface area contributed by atoms with Gasteiger partial charge in [0.1, 0.15) is 22.2 Å². The summed E-state index contributed by atoms with van der Waals surface area (Å²) in [5.74, 6) is 0.309. The van der Waals surface area contributed by atoms with Crippen molar-refractivity contribution in [1.82, 2.24) is 14.9 Å². The van der Waals surface area contributed by atoms with Crippen molar-refractivity contribution < 1.29 is 19.1 Å². The highest BCUT2D eigenvalue weighted by Crippen LogP contribution is 2.34. The second-order valence-corrected chi connectivity index (χ2v) is 9.12. The molecule has 1 aromatic carbocycles. The number of benzene rings is 1. The predicted molar refractivity (Wildman–Crippen MR) is 131 cm³/mol. The van der Waals surface area contributed by atoms with Gasteiger partial charge in [-0.1, -0.05) is 48.6 Å². The average molecular weight is 480 g/mol. The number of amides is 1. The Bertz CT molecular complexity index is 1210. The van der Waals surface area contributed by atoms with E-state index in [1.807, 2.05) is 36.4 Å². The third-order valence-corrected chi connectivity index (χ3v) is 6.46. The van der Waals surface area contributed by atoms with Crippen LogP contribution in [-0.2, 0) is 9.59 Å². The van der Waals surface area contributed by atoms with Crippen LogP contribution >= 0.6 is 24.0 Å². The van der Waals surface area contributed by atoms with E-state index in [4.69, 9.17) is 21.7 Å². The van der Waals surface area contributed by atoms with Crippen LogP contribution in [0.1, 0.15) is 31.4 Å². The summed E-state index contributed by atoms with van der Waals surface area (Å²) in [6.45, 7) is 0.487. The van der Waals surface area contributed by atoms with Gasteiger partial charge in [0.25, 0.3) is 5.91 Å². The lowest BCUT2D eigenvalue weighted by molar-refractivity contribution is -0.137. The van der Waals surface area contributed by atoms with Crippen LogP contribution in [0.25, 0.3) is 28.5 Å². The van der Waals surface area contributed by atoms with Crippen molar-refractivity contribution >= 4 is 46.3 Å². The number of rotatable bonds is 9. The third-order valence-electron chi connectivity index (χ3n) is 5.09. The Morgan fingerprint density at radius 2 is 1.88 bits per heavy atom. The number of furan rings is 1. The molecule has 1 aliphatic rings. The van der Waals surface area contributed by atoms with E-state index in [9.17, 15) is 9.59 Å².